The lowest BCUT2D eigenvalue weighted by molar-refractivity contribution is 1.04. The first kappa shape index (κ1) is 10.3. The summed E-state index contributed by atoms with van der Waals surface area (Å²) < 4.78 is 0. The van der Waals surface area contributed by atoms with Crippen molar-refractivity contribution in [2.45, 2.75) is 26.7 Å². The van der Waals surface area contributed by atoms with E-state index < -0.39 is 9.16 Å². The maximum absolute atomic E-state index is 2.51. The molecular formula is C9H24S. The molecule has 0 amide bonds. The first-order chi connectivity index (χ1) is 4.39. The van der Waals surface area contributed by atoms with Gasteiger partial charge in [0, 0.05) is 0 Å². The van der Waals surface area contributed by atoms with E-state index in [9.17, 15) is 0 Å². The van der Waals surface area contributed by atoms with Gasteiger partial charge in [0.2, 0.25) is 0 Å². The van der Waals surface area contributed by atoms with Crippen LogP contribution in [0.25, 0.3) is 0 Å². The van der Waals surface area contributed by atoms with Crippen LogP contribution in [0.15, 0.2) is 0 Å². The molecule has 1 heteroatoms. The van der Waals surface area contributed by atoms with E-state index >= 15 is 0 Å². The van der Waals surface area contributed by atoms with Crippen LogP contribution in [0, 0.1) is 0 Å². The van der Waals surface area contributed by atoms with Gasteiger partial charge in [0.25, 0.3) is 0 Å². The average molecular weight is 164 g/mol. The van der Waals surface area contributed by atoms with Gasteiger partial charge in [-0.25, -0.2) is 0 Å². The highest BCUT2D eigenvalue weighted by Crippen LogP contribution is 2.59. The second-order valence-corrected chi connectivity index (χ2v) is 12.7. The Hall–Kier alpha value is 0.350. The van der Waals surface area contributed by atoms with Gasteiger partial charge in [-0.2, -0.15) is 0 Å². The molecule has 0 aromatic heterocycles. The van der Waals surface area contributed by atoms with Gasteiger partial charge in [0.15, 0.2) is 0 Å². The lowest BCUT2D eigenvalue weighted by Crippen LogP contribution is -2.20. The van der Waals surface area contributed by atoms with Crippen LogP contribution in [-0.4, -0.2) is 30.3 Å². The quantitative estimate of drug-likeness (QED) is 0.607. The number of hydrogen-bond donors (Lipinski definition) is 1. The fourth-order valence-electron chi connectivity index (χ4n) is 1.77. The Morgan fingerprint density at radius 1 is 0.800 bits per heavy atom. The number of hydrogen-bond acceptors (Lipinski definition) is 0. The Balaban J connectivity index is 3.97. The zero-order valence-electron chi connectivity index (χ0n) is 8.28. The molecular weight excluding hydrogens is 140 g/mol. The van der Waals surface area contributed by atoms with Crippen molar-refractivity contribution in [3.63, 3.8) is 0 Å². The molecule has 0 radical (unpaired) electrons. The summed E-state index contributed by atoms with van der Waals surface area (Å²) >= 11 is 0. The lowest BCUT2D eigenvalue weighted by atomic mass is 10.6. The summed E-state index contributed by atoms with van der Waals surface area (Å²) in [5.74, 6) is 2.94. The van der Waals surface area contributed by atoms with Gasteiger partial charge in [0.05, 0.1) is 0 Å². The van der Waals surface area contributed by atoms with Crippen LogP contribution < -0.4 is 0 Å². The van der Waals surface area contributed by atoms with Crippen molar-refractivity contribution in [2.24, 2.45) is 0 Å². The zero-order chi connectivity index (χ0) is 8.28. The second-order valence-electron chi connectivity index (χ2n) is 4.91. The third-order valence-electron chi connectivity index (χ3n) is 2.11. The minimum absolute atomic E-state index is 1.16. The molecule has 0 heterocycles. The highest BCUT2D eigenvalue weighted by Gasteiger charge is 2.22. The topological polar surface area (TPSA) is 0 Å². The summed E-state index contributed by atoms with van der Waals surface area (Å²) in [4.78, 5) is 0. The Morgan fingerprint density at radius 2 is 1.10 bits per heavy atom. The molecule has 0 fully saturated rings. The summed E-state index contributed by atoms with van der Waals surface area (Å²) in [6.45, 7) is 4.60. The SMILES string of the molecule is CCC[SH](C)(C)(C)CCC. The van der Waals surface area contributed by atoms with Gasteiger partial charge in [-0.05, 0) is 43.1 Å². The molecule has 0 spiro atoms. The summed E-state index contributed by atoms with van der Waals surface area (Å²) in [7, 11) is -1.16. The van der Waals surface area contributed by atoms with Crippen LogP contribution >= 0.6 is 9.16 Å². The Labute approximate surface area is 66.7 Å². The van der Waals surface area contributed by atoms with Gasteiger partial charge in [-0.1, -0.05) is 13.8 Å². The van der Waals surface area contributed by atoms with Crippen molar-refractivity contribution in [3.05, 3.63) is 0 Å². The summed E-state index contributed by atoms with van der Waals surface area (Å²) in [6, 6.07) is 0. The molecule has 0 aliphatic carbocycles. The Bertz CT molecular complexity index is 87.0. The summed E-state index contributed by atoms with van der Waals surface area (Å²) in [6.07, 6.45) is 10.3. The Kier molecular flexibility index (Phi) is 3.28. The molecule has 0 unspecified atom stereocenters. The molecule has 0 saturated carbocycles. The van der Waals surface area contributed by atoms with Gasteiger partial charge in [0.1, 0.15) is 0 Å². The van der Waals surface area contributed by atoms with E-state index in [1.54, 1.807) is 0 Å². The molecule has 0 bridgehead atoms. The molecule has 0 saturated heterocycles. The maximum Gasteiger partial charge on any atom is -0.0365 e. The molecule has 66 valence electrons. The first-order valence-corrected chi connectivity index (χ1v) is 8.34. The molecule has 0 N–H and O–H groups in total. The fourth-order valence-corrected chi connectivity index (χ4v) is 5.31. The minimum Gasteiger partial charge on any atom is -0.290 e. The Morgan fingerprint density at radius 3 is 1.30 bits per heavy atom. The van der Waals surface area contributed by atoms with E-state index in [2.05, 4.69) is 32.6 Å². The molecule has 0 aliphatic heterocycles. The summed E-state index contributed by atoms with van der Waals surface area (Å²) in [5, 5.41) is 0. The highest BCUT2D eigenvalue weighted by molar-refractivity contribution is 8.48. The maximum atomic E-state index is 2.51. The zero-order valence-corrected chi connectivity index (χ0v) is 9.17. The highest BCUT2D eigenvalue weighted by atomic mass is 32.3. The van der Waals surface area contributed by atoms with Crippen LogP contribution in [-0.2, 0) is 0 Å². The lowest BCUT2D eigenvalue weighted by Gasteiger charge is -2.51. The van der Waals surface area contributed by atoms with E-state index in [1.165, 1.54) is 24.3 Å². The van der Waals surface area contributed by atoms with Crippen LogP contribution in [0.3, 0.4) is 0 Å². The third kappa shape index (κ3) is 4.21. The standard InChI is InChI=1S/C9H24S/c1-6-8-10(3,4,5)9-7-2/h10H,6-9H2,1-5H3. The van der Waals surface area contributed by atoms with Gasteiger partial charge >= 0.3 is 0 Å². The van der Waals surface area contributed by atoms with Crippen LogP contribution in [0.2, 0.25) is 0 Å². The van der Waals surface area contributed by atoms with Gasteiger partial charge in [-0.15, -0.1) is 0 Å². The smallest absolute Gasteiger partial charge is 0.0365 e. The minimum atomic E-state index is -1.16. The third-order valence-corrected chi connectivity index (χ3v) is 6.32. The molecule has 0 aliphatic rings. The van der Waals surface area contributed by atoms with E-state index in [-0.39, 0.29) is 0 Å². The first-order valence-electron chi connectivity index (χ1n) is 4.39. The summed E-state index contributed by atoms with van der Waals surface area (Å²) in [5.41, 5.74) is 0. The van der Waals surface area contributed by atoms with Crippen molar-refractivity contribution >= 4 is 9.16 Å². The fraction of sp³-hybridized carbons (Fsp3) is 1.00. The largest absolute Gasteiger partial charge is 0.290 e. The van der Waals surface area contributed by atoms with Crippen molar-refractivity contribution in [2.75, 3.05) is 30.3 Å². The van der Waals surface area contributed by atoms with E-state index in [1.807, 2.05) is 0 Å². The van der Waals surface area contributed by atoms with Crippen molar-refractivity contribution < 1.29 is 0 Å². The van der Waals surface area contributed by atoms with Crippen LogP contribution in [0.5, 0.6) is 0 Å². The van der Waals surface area contributed by atoms with Crippen LogP contribution in [0.1, 0.15) is 26.7 Å². The van der Waals surface area contributed by atoms with Crippen molar-refractivity contribution in [1.82, 2.24) is 0 Å². The van der Waals surface area contributed by atoms with Crippen molar-refractivity contribution in [1.29, 1.82) is 0 Å². The normalized spacial score (nSPS) is 16.3. The molecule has 0 aromatic carbocycles. The van der Waals surface area contributed by atoms with E-state index in [0.717, 1.165) is 0 Å². The molecule has 0 aromatic rings. The average Bonchev–Trinajstić information content (AvgIpc) is 1.61. The van der Waals surface area contributed by atoms with Gasteiger partial charge < -0.3 is 0 Å². The van der Waals surface area contributed by atoms with Gasteiger partial charge in [-0.3, -0.25) is 9.16 Å². The van der Waals surface area contributed by atoms with Crippen LogP contribution in [0.4, 0.5) is 0 Å². The molecule has 0 atom stereocenters. The van der Waals surface area contributed by atoms with E-state index in [0.29, 0.717) is 0 Å². The molecule has 10 heavy (non-hydrogen) atoms. The van der Waals surface area contributed by atoms with E-state index in [4.69, 9.17) is 0 Å². The molecule has 0 rings (SSSR count). The second kappa shape index (κ2) is 3.17. The predicted octanol–water partition coefficient (Wildman–Crippen LogP) is 2.77. The monoisotopic (exact) mass is 164 g/mol. The number of rotatable bonds is 4. The molecule has 0 nitrogen and oxygen atoms in total. The van der Waals surface area contributed by atoms with Crippen molar-refractivity contribution in [3.8, 4) is 0 Å². The number of thiol groups is 1. The predicted molar refractivity (Wildman–Crippen MR) is 57.1 cm³/mol.